The summed E-state index contributed by atoms with van der Waals surface area (Å²) in [4.78, 5) is 30.0. The lowest BCUT2D eigenvalue weighted by molar-refractivity contribution is -0.116. The van der Waals surface area contributed by atoms with E-state index in [1.54, 1.807) is 35.2 Å². The summed E-state index contributed by atoms with van der Waals surface area (Å²) in [6.45, 7) is 4.45. The molecule has 1 heterocycles. The highest BCUT2D eigenvalue weighted by molar-refractivity contribution is 7.14. The van der Waals surface area contributed by atoms with Crippen molar-refractivity contribution in [1.82, 2.24) is 4.98 Å². The highest BCUT2D eigenvalue weighted by atomic mass is 32.1. The molecule has 0 spiro atoms. The number of hydrogen-bond acceptors (Lipinski definition) is 5. The van der Waals surface area contributed by atoms with E-state index in [0.29, 0.717) is 35.3 Å². The van der Waals surface area contributed by atoms with E-state index in [1.807, 2.05) is 42.6 Å². The molecule has 0 saturated carbocycles. The van der Waals surface area contributed by atoms with Crippen molar-refractivity contribution in [3.05, 3.63) is 82.9 Å². The van der Waals surface area contributed by atoms with E-state index in [2.05, 4.69) is 4.98 Å². The van der Waals surface area contributed by atoms with Crippen molar-refractivity contribution in [1.29, 1.82) is 0 Å². The number of allylic oxidation sites excluding steroid dienone is 1. The molecule has 29 heavy (non-hydrogen) atoms. The molecule has 3 aromatic rings. The molecule has 0 saturated heterocycles. The Bertz CT molecular complexity index is 994. The average Bonchev–Trinajstić information content (AvgIpc) is 3.20. The van der Waals surface area contributed by atoms with Gasteiger partial charge in [-0.15, -0.1) is 11.3 Å². The number of carbonyl (C=O) groups is 2. The number of nitrogens with zero attached hydrogens (tertiary/aromatic N) is 2. The van der Waals surface area contributed by atoms with Crippen LogP contribution in [0.1, 0.15) is 35.5 Å². The van der Waals surface area contributed by atoms with Crippen LogP contribution in [0.25, 0.3) is 6.08 Å². The predicted molar refractivity (Wildman–Crippen MR) is 116 cm³/mol. The molecule has 0 aliphatic heterocycles. The number of amides is 1. The quantitative estimate of drug-likeness (QED) is 0.391. The van der Waals surface area contributed by atoms with Crippen molar-refractivity contribution in [3.8, 4) is 5.75 Å². The topological polar surface area (TPSA) is 59.5 Å². The van der Waals surface area contributed by atoms with Gasteiger partial charge in [0.25, 0.3) is 0 Å². The molecule has 148 valence electrons. The van der Waals surface area contributed by atoms with E-state index < -0.39 is 0 Å². The Morgan fingerprint density at radius 3 is 2.48 bits per heavy atom. The van der Waals surface area contributed by atoms with Gasteiger partial charge in [-0.1, -0.05) is 30.3 Å². The van der Waals surface area contributed by atoms with Crippen LogP contribution >= 0.6 is 11.3 Å². The Kier molecular flexibility index (Phi) is 6.92. The second-order valence-corrected chi connectivity index (χ2v) is 7.15. The Labute approximate surface area is 174 Å². The normalized spacial score (nSPS) is 10.8. The third-order valence-corrected chi connectivity index (χ3v) is 5.11. The molecular formula is C23H22N2O3S. The van der Waals surface area contributed by atoms with Gasteiger partial charge in [-0.2, -0.15) is 0 Å². The Morgan fingerprint density at radius 2 is 1.83 bits per heavy atom. The number of aromatic nitrogens is 1. The molecule has 2 aromatic carbocycles. The second kappa shape index (κ2) is 9.80. The molecule has 1 aromatic heterocycles. The minimum atomic E-state index is -0.118. The first-order valence-electron chi connectivity index (χ1n) is 9.29. The highest BCUT2D eigenvalue weighted by Gasteiger charge is 2.12. The van der Waals surface area contributed by atoms with E-state index in [4.69, 9.17) is 4.74 Å². The summed E-state index contributed by atoms with van der Waals surface area (Å²) < 4.78 is 5.74. The van der Waals surface area contributed by atoms with Crippen LogP contribution in [0, 0.1) is 0 Å². The monoisotopic (exact) mass is 406 g/mol. The number of ketones is 1. The van der Waals surface area contributed by atoms with Crippen LogP contribution < -0.4 is 9.64 Å². The Morgan fingerprint density at radius 1 is 1.10 bits per heavy atom. The third kappa shape index (κ3) is 5.62. The van der Waals surface area contributed by atoms with Gasteiger partial charge < -0.3 is 4.74 Å². The van der Waals surface area contributed by atoms with Gasteiger partial charge in [-0.05, 0) is 48.9 Å². The van der Waals surface area contributed by atoms with E-state index in [1.165, 1.54) is 24.3 Å². The molecule has 1 amide bonds. The zero-order valence-electron chi connectivity index (χ0n) is 16.4. The fraction of sp³-hybridized carbons (Fsp3) is 0.174. The SMILES string of the molecule is CCN(C(C)=O)c1nc(/C=C/C(=O)c2ccc(OCc3ccccc3)cc2)cs1. The lowest BCUT2D eigenvalue weighted by atomic mass is 10.1. The maximum absolute atomic E-state index is 12.4. The van der Waals surface area contributed by atoms with Gasteiger partial charge in [0.05, 0.1) is 5.69 Å². The maximum atomic E-state index is 12.4. The largest absolute Gasteiger partial charge is 0.489 e. The number of thiazole rings is 1. The molecule has 0 aliphatic rings. The van der Waals surface area contributed by atoms with Gasteiger partial charge in [0.15, 0.2) is 10.9 Å². The lowest BCUT2D eigenvalue weighted by Gasteiger charge is -2.14. The average molecular weight is 407 g/mol. The first-order valence-corrected chi connectivity index (χ1v) is 10.2. The molecule has 3 rings (SSSR count). The first kappa shape index (κ1) is 20.5. The molecule has 0 unspecified atom stereocenters. The number of rotatable bonds is 8. The zero-order valence-corrected chi connectivity index (χ0v) is 17.2. The van der Waals surface area contributed by atoms with Crippen molar-refractivity contribution >= 4 is 34.2 Å². The van der Waals surface area contributed by atoms with Crippen LogP contribution in [0.3, 0.4) is 0 Å². The molecular weight excluding hydrogens is 384 g/mol. The van der Waals surface area contributed by atoms with Gasteiger partial charge in [-0.25, -0.2) is 4.98 Å². The summed E-state index contributed by atoms with van der Waals surface area (Å²) in [6.07, 6.45) is 3.15. The molecule has 6 heteroatoms. The minimum Gasteiger partial charge on any atom is -0.489 e. The highest BCUT2D eigenvalue weighted by Crippen LogP contribution is 2.21. The maximum Gasteiger partial charge on any atom is 0.225 e. The second-order valence-electron chi connectivity index (χ2n) is 6.31. The van der Waals surface area contributed by atoms with Crippen molar-refractivity contribution in [2.24, 2.45) is 0 Å². The van der Waals surface area contributed by atoms with Crippen LogP contribution in [0.5, 0.6) is 5.75 Å². The van der Waals surface area contributed by atoms with Crippen LogP contribution in [0.4, 0.5) is 5.13 Å². The van der Waals surface area contributed by atoms with E-state index in [0.717, 1.165) is 5.56 Å². The van der Waals surface area contributed by atoms with Gasteiger partial charge >= 0.3 is 0 Å². The summed E-state index contributed by atoms with van der Waals surface area (Å²) in [6, 6.07) is 17.0. The number of ether oxygens (including phenoxy) is 1. The van der Waals surface area contributed by atoms with Crippen molar-refractivity contribution in [2.45, 2.75) is 20.5 Å². The van der Waals surface area contributed by atoms with Crippen LogP contribution in [0.2, 0.25) is 0 Å². The minimum absolute atomic E-state index is 0.0528. The van der Waals surface area contributed by atoms with E-state index in [9.17, 15) is 9.59 Å². The van der Waals surface area contributed by atoms with Crippen molar-refractivity contribution in [3.63, 3.8) is 0 Å². The lowest BCUT2D eigenvalue weighted by Crippen LogP contribution is -2.27. The van der Waals surface area contributed by atoms with Crippen molar-refractivity contribution in [2.75, 3.05) is 11.4 Å². The Balaban J connectivity index is 1.59. The van der Waals surface area contributed by atoms with Gasteiger partial charge in [0, 0.05) is 24.4 Å². The van der Waals surface area contributed by atoms with Crippen LogP contribution in [-0.2, 0) is 11.4 Å². The molecule has 0 atom stereocenters. The summed E-state index contributed by atoms with van der Waals surface area (Å²) in [7, 11) is 0. The molecule has 0 bridgehead atoms. The Hall–Kier alpha value is -3.25. The standard InChI is InChI=1S/C23H22N2O3S/c1-3-25(17(2)26)23-24-20(16-29-23)11-14-22(27)19-9-12-21(13-10-19)28-15-18-7-5-4-6-8-18/h4-14,16H,3,15H2,1-2H3/b14-11+. The smallest absolute Gasteiger partial charge is 0.225 e. The zero-order chi connectivity index (χ0) is 20.6. The van der Waals surface area contributed by atoms with Gasteiger partial charge in [0.2, 0.25) is 5.91 Å². The molecule has 0 radical (unpaired) electrons. The van der Waals surface area contributed by atoms with Gasteiger partial charge in [0.1, 0.15) is 12.4 Å². The molecule has 0 aliphatic carbocycles. The summed E-state index contributed by atoms with van der Waals surface area (Å²) in [5.41, 5.74) is 2.31. The predicted octanol–water partition coefficient (Wildman–Crippen LogP) is 4.99. The third-order valence-electron chi connectivity index (χ3n) is 4.23. The summed E-state index contributed by atoms with van der Waals surface area (Å²) in [5.74, 6) is 0.540. The first-order chi connectivity index (χ1) is 14.1. The van der Waals surface area contributed by atoms with Gasteiger partial charge in [-0.3, -0.25) is 14.5 Å². The van der Waals surface area contributed by atoms with E-state index >= 15 is 0 Å². The molecule has 0 fully saturated rings. The number of carbonyl (C=O) groups excluding carboxylic acids is 2. The summed E-state index contributed by atoms with van der Waals surface area (Å²) in [5, 5.41) is 2.46. The fourth-order valence-corrected chi connectivity index (χ4v) is 3.58. The summed E-state index contributed by atoms with van der Waals surface area (Å²) >= 11 is 1.38. The molecule has 5 nitrogen and oxygen atoms in total. The van der Waals surface area contributed by atoms with Crippen LogP contribution in [-0.4, -0.2) is 23.2 Å². The number of benzene rings is 2. The fourth-order valence-electron chi connectivity index (χ4n) is 2.68. The number of anilines is 1. The number of hydrogen-bond donors (Lipinski definition) is 0. The van der Waals surface area contributed by atoms with E-state index in [-0.39, 0.29) is 11.7 Å². The molecule has 0 N–H and O–H groups in total. The van der Waals surface area contributed by atoms with Crippen LogP contribution in [0.15, 0.2) is 66.1 Å². The van der Waals surface area contributed by atoms with Crippen molar-refractivity contribution < 1.29 is 14.3 Å².